The minimum atomic E-state index is 0.408. The summed E-state index contributed by atoms with van der Waals surface area (Å²) in [6, 6.07) is 8.51. The second-order valence-corrected chi connectivity index (χ2v) is 2.87. The highest BCUT2D eigenvalue weighted by molar-refractivity contribution is 5.30. The first-order valence-corrected chi connectivity index (χ1v) is 4.11. The number of benzene rings is 1. The van der Waals surface area contributed by atoms with Gasteiger partial charge < -0.3 is 4.74 Å². The van der Waals surface area contributed by atoms with Gasteiger partial charge in [0.25, 0.3) is 0 Å². The number of aryl methyl sites for hydroxylation is 1. The molecule has 1 saturated heterocycles. The first-order valence-electron chi connectivity index (χ1n) is 4.11. The van der Waals surface area contributed by atoms with E-state index >= 15 is 0 Å². The molecule has 0 unspecified atom stereocenters. The van der Waals surface area contributed by atoms with E-state index < -0.39 is 0 Å². The second-order valence-electron chi connectivity index (χ2n) is 2.87. The van der Waals surface area contributed by atoms with Gasteiger partial charge in [0.05, 0.1) is 6.61 Å². The van der Waals surface area contributed by atoms with Crippen LogP contribution in [0, 0.1) is 0 Å². The van der Waals surface area contributed by atoms with Gasteiger partial charge in [-0.1, -0.05) is 31.2 Å². The summed E-state index contributed by atoms with van der Waals surface area (Å²) < 4.78 is 5.24. The van der Waals surface area contributed by atoms with Crippen LogP contribution in [-0.2, 0) is 11.2 Å². The third-order valence-electron chi connectivity index (χ3n) is 2.12. The van der Waals surface area contributed by atoms with Crippen LogP contribution in [-0.4, -0.2) is 6.61 Å². The molecule has 0 bridgehead atoms. The van der Waals surface area contributed by atoms with Gasteiger partial charge in [-0.2, -0.15) is 0 Å². The van der Waals surface area contributed by atoms with Crippen molar-refractivity contribution in [2.75, 3.05) is 6.61 Å². The zero-order chi connectivity index (χ0) is 7.68. The zero-order valence-corrected chi connectivity index (χ0v) is 6.71. The van der Waals surface area contributed by atoms with Crippen LogP contribution in [0.15, 0.2) is 24.3 Å². The molecule has 0 spiro atoms. The molecule has 1 aliphatic heterocycles. The number of epoxide rings is 1. The number of hydrogen-bond donors (Lipinski definition) is 0. The molecule has 1 heterocycles. The fraction of sp³-hybridized carbons (Fsp3) is 0.400. The lowest BCUT2D eigenvalue weighted by Gasteiger charge is -2.02. The molecular formula is C10H12O. The average Bonchev–Trinajstić information content (AvgIpc) is 2.87. The van der Waals surface area contributed by atoms with Crippen molar-refractivity contribution in [1.82, 2.24) is 0 Å². The van der Waals surface area contributed by atoms with Gasteiger partial charge in [0.15, 0.2) is 0 Å². The molecule has 0 aliphatic carbocycles. The predicted molar refractivity (Wildman–Crippen MR) is 44.5 cm³/mol. The van der Waals surface area contributed by atoms with E-state index in [2.05, 4.69) is 31.2 Å². The van der Waals surface area contributed by atoms with E-state index in [1.54, 1.807) is 0 Å². The van der Waals surface area contributed by atoms with Gasteiger partial charge in [-0.3, -0.25) is 0 Å². The summed E-state index contributed by atoms with van der Waals surface area (Å²) in [5.74, 6) is 0. The molecule has 1 atom stereocenters. The lowest BCUT2D eigenvalue weighted by molar-refractivity contribution is 0.414. The Labute approximate surface area is 67.0 Å². The molecule has 1 fully saturated rings. The Balaban J connectivity index is 2.34. The molecular weight excluding hydrogens is 136 g/mol. The van der Waals surface area contributed by atoms with Gasteiger partial charge in [0, 0.05) is 0 Å². The Kier molecular flexibility index (Phi) is 1.66. The van der Waals surface area contributed by atoms with Crippen molar-refractivity contribution < 1.29 is 4.74 Å². The third kappa shape index (κ3) is 1.29. The molecule has 1 aromatic carbocycles. The summed E-state index contributed by atoms with van der Waals surface area (Å²) in [5.41, 5.74) is 2.81. The summed E-state index contributed by atoms with van der Waals surface area (Å²) in [4.78, 5) is 0. The molecule has 2 rings (SSSR count). The van der Waals surface area contributed by atoms with Crippen molar-refractivity contribution in [2.24, 2.45) is 0 Å². The van der Waals surface area contributed by atoms with Crippen LogP contribution in [0.5, 0.6) is 0 Å². The second kappa shape index (κ2) is 2.67. The van der Waals surface area contributed by atoms with Crippen LogP contribution in [0.3, 0.4) is 0 Å². The molecule has 1 heteroatoms. The average molecular weight is 148 g/mol. The lowest BCUT2D eigenvalue weighted by Crippen LogP contribution is -1.89. The molecule has 0 N–H and O–H groups in total. The van der Waals surface area contributed by atoms with E-state index in [-0.39, 0.29) is 0 Å². The molecule has 1 aliphatic rings. The molecule has 0 amide bonds. The van der Waals surface area contributed by atoms with E-state index in [0.29, 0.717) is 6.10 Å². The SMILES string of the molecule is CCc1ccccc1[C@H]1CO1. The Bertz CT molecular complexity index is 251. The van der Waals surface area contributed by atoms with Crippen LogP contribution < -0.4 is 0 Å². The van der Waals surface area contributed by atoms with Crippen LogP contribution in [0.2, 0.25) is 0 Å². The summed E-state index contributed by atoms with van der Waals surface area (Å²) >= 11 is 0. The molecule has 0 aromatic heterocycles. The maximum absolute atomic E-state index is 5.24. The number of hydrogen-bond acceptors (Lipinski definition) is 1. The van der Waals surface area contributed by atoms with Gasteiger partial charge in [-0.05, 0) is 17.5 Å². The van der Waals surface area contributed by atoms with Crippen LogP contribution in [0.25, 0.3) is 0 Å². The van der Waals surface area contributed by atoms with Crippen LogP contribution >= 0.6 is 0 Å². The first-order chi connectivity index (χ1) is 5.42. The van der Waals surface area contributed by atoms with Gasteiger partial charge in [0.1, 0.15) is 6.10 Å². The van der Waals surface area contributed by atoms with Crippen LogP contribution in [0.1, 0.15) is 24.2 Å². The Morgan fingerprint density at radius 1 is 1.45 bits per heavy atom. The minimum Gasteiger partial charge on any atom is -0.368 e. The lowest BCUT2D eigenvalue weighted by atomic mass is 10.0. The maximum atomic E-state index is 5.24. The minimum absolute atomic E-state index is 0.408. The highest BCUT2D eigenvalue weighted by Gasteiger charge is 2.26. The maximum Gasteiger partial charge on any atom is 0.106 e. The zero-order valence-electron chi connectivity index (χ0n) is 6.71. The molecule has 1 aromatic rings. The van der Waals surface area contributed by atoms with E-state index in [1.807, 2.05) is 0 Å². The topological polar surface area (TPSA) is 12.5 Å². The standard InChI is InChI=1S/C10H12O/c1-2-8-5-3-4-6-9(8)10-7-11-10/h3-6,10H,2,7H2,1H3/t10-/m1/s1. The van der Waals surface area contributed by atoms with Crippen molar-refractivity contribution in [3.05, 3.63) is 35.4 Å². The van der Waals surface area contributed by atoms with Crippen molar-refractivity contribution >= 4 is 0 Å². The number of rotatable bonds is 2. The van der Waals surface area contributed by atoms with Gasteiger partial charge in [-0.15, -0.1) is 0 Å². The molecule has 0 saturated carbocycles. The quantitative estimate of drug-likeness (QED) is 0.586. The molecule has 11 heavy (non-hydrogen) atoms. The fourth-order valence-corrected chi connectivity index (χ4v) is 1.40. The first kappa shape index (κ1) is 6.86. The summed E-state index contributed by atoms with van der Waals surface area (Å²) in [5, 5.41) is 0. The van der Waals surface area contributed by atoms with Crippen LogP contribution in [0.4, 0.5) is 0 Å². The number of ether oxygens (including phenoxy) is 1. The van der Waals surface area contributed by atoms with E-state index in [9.17, 15) is 0 Å². The summed E-state index contributed by atoms with van der Waals surface area (Å²) in [7, 11) is 0. The van der Waals surface area contributed by atoms with Gasteiger partial charge in [-0.25, -0.2) is 0 Å². The van der Waals surface area contributed by atoms with Gasteiger partial charge in [0.2, 0.25) is 0 Å². The molecule has 1 nitrogen and oxygen atoms in total. The monoisotopic (exact) mass is 148 g/mol. The highest BCUT2D eigenvalue weighted by atomic mass is 16.6. The van der Waals surface area contributed by atoms with Crippen molar-refractivity contribution in [2.45, 2.75) is 19.4 Å². The third-order valence-corrected chi connectivity index (χ3v) is 2.12. The normalized spacial score (nSPS) is 21.7. The smallest absolute Gasteiger partial charge is 0.106 e. The highest BCUT2D eigenvalue weighted by Crippen LogP contribution is 2.32. The van der Waals surface area contributed by atoms with Crippen molar-refractivity contribution in [3.8, 4) is 0 Å². The molecule has 58 valence electrons. The van der Waals surface area contributed by atoms with E-state index in [0.717, 1.165) is 13.0 Å². The molecule has 0 radical (unpaired) electrons. The Hall–Kier alpha value is -0.820. The Morgan fingerprint density at radius 3 is 2.82 bits per heavy atom. The largest absolute Gasteiger partial charge is 0.368 e. The van der Waals surface area contributed by atoms with E-state index in [4.69, 9.17) is 4.74 Å². The van der Waals surface area contributed by atoms with Gasteiger partial charge >= 0.3 is 0 Å². The summed E-state index contributed by atoms with van der Waals surface area (Å²) in [6.07, 6.45) is 1.52. The van der Waals surface area contributed by atoms with E-state index in [1.165, 1.54) is 11.1 Å². The summed E-state index contributed by atoms with van der Waals surface area (Å²) in [6.45, 7) is 3.10. The van der Waals surface area contributed by atoms with Crippen molar-refractivity contribution in [1.29, 1.82) is 0 Å². The predicted octanol–water partition coefficient (Wildman–Crippen LogP) is 2.32. The Morgan fingerprint density at radius 2 is 2.18 bits per heavy atom. The fourth-order valence-electron chi connectivity index (χ4n) is 1.40. The van der Waals surface area contributed by atoms with Crippen molar-refractivity contribution in [3.63, 3.8) is 0 Å².